The fourth-order valence-electron chi connectivity index (χ4n) is 1.91. The van der Waals surface area contributed by atoms with Crippen molar-refractivity contribution in [2.24, 2.45) is 5.41 Å². The number of nitrogens with one attached hydrogen (secondary N) is 2. The molecule has 0 aliphatic heterocycles. The molecule has 0 aromatic heterocycles. The van der Waals surface area contributed by atoms with Crippen molar-refractivity contribution >= 4 is 5.91 Å². The minimum atomic E-state index is -0.474. The smallest absolute Gasteiger partial charge is 0.226 e. The van der Waals surface area contributed by atoms with Gasteiger partial charge in [0.2, 0.25) is 5.91 Å². The van der Waals surface area contributed by atoms with Crippen molar-refractivity contribution in [3.05, 3.63) is 35.6 Å². The topological polar surface area (TPSA) is 41.1 Å². The lowest BCUT2D eigenvalue weighted by molar-refractivity contribution is -0.128. The third-order valence-corrected chi connectivity index (χ3v) is 3.22. The van der Waals surface area contributed by atoms with Crippen molar-refractivity contribution in [1.29, 1.82) is 0 Å². The maximum absolute atomic E-state index is 13.5. The maximum atomic E-state index is 13.5. The van der Waals surface area contributed by atoms with Gasteiger partial charge in [-0.1, -0.05) is 18.2 Å². The molecule has 1 unspecified atom stereocenters. The van der Waals surface area contributed by atoms with E-state index in [2.05, 4.69) is 10.6 Å². The molecule has 4 heteroatoms. The number of benzene rings is 1. The fourth-order valence-corrected chi connectivity index (χ4v) is 1.91. The Hall–Kier alpha value is -1.42. The van der Waals surface area contributed by atoms with E-state index in [0.717, 1.165) is 0 Å². The summed E-state index contributed by atoms with van der Waals surface area (Å²) in [7, 11) is 1.63. The van der Waals surface area contributed by atoms with E-state index in [1.54, 1.807) is 19.2 Å². The van der Waals surface area contributed by atoms with Crippen LogP contribution in [0, 0.1) is 11.2 Å². The Bertz CT molecular complexity index is 432. The summed E-state index contributed by atoms with van der Waals surface area (Å²) in [6, 6.07) is 6.89. The van der Waals surface area contributed by atoms with Gasteiger partial charge in [0.15, 0.2) is 0 Å². The lowest BCUT2D eigenvalue weighted by atomic mass is 9.91. The monoisotopic (exact) mass is 266 g/mol. The summed E-state index contributed by atoms with van der Waals surface area (Å²) in [4.78, 5) is 11.6. The highest BCUT2D eigenvalue weighted by Gasteiger charge is 2.26. The summed E-state index contributed by atoms with van der Waals surface area (Å²) in [5.74, 6) is -0.181. The highest BCUT2D eigenvalue weighted by molar-refractivity contribution is 5.81. The lowest BCUT2D eigenvalue weighted by Crippen LogP contribution is -2.44. The van der Waals surface area contributed by atoms with E-state index >= 15 is 0 Å². The van der Waals surface area contributed by atoms with Crippen LogP contribution in [-0.2, 0) is 11.2 Å². The van der Waals surface area contributed by atoms with Crippen LogP contribution in [0.25, 0.3) is 0 Å². The first-order valence-corrected chi connectivity index (χ1v) is 6.56. The van der Waals surface area contributed by atoms with Crippen molar-refractivity contribution in [1.82, 2.24) is 10.6 Å². The molecule has 0 saturated heterocycles. The Kier molecular flexibility index (Phi) is 5.48. The molecule has 3 nitrogen and oxygen atoms in total. The predicted molar refractivity (Wildman–Crippen MR) is 75.4 cm³/mol. The van der Waals surface area contributed by atoms with Crippen LogP contribution < -0.4 is 10.6 Å². The van der Waals surface area contributed by atoms with Gasteiger partial charge in [-0.25, -0.2) is 4.39 Å². The zero-order valence-corrected chi connectivity index (χ0v) is 12.1. The largest absolute Gasteiger partial charge is 0.359 e. The quantitative estimate of drug-likeness (QED) is 0.828. The fraction of sp³-hybridized carbons (Fsp3) is 0.533. The molecule has 1 amide bonds. The summed E-state index contributed by atoms with van der Waals surface area (Å²) in [6.45, 7) is 6.32. The molecule has 0 aliphatic carbocycles. The Labute approximate surface area is 114 Å². The van der Waals surface area contributed by atoms with Gasteiger partial charge in [0.25, 0.3) is 0 Å². The first kappa shape index (κ1) is 15.6. The number of rotatable bonds is 6. The maximum Gasteiger partial charge on any atom is 0.226 e. The van der Waals surface area contributed by atoms with E-state index in [1.807, 2.05) is 26.8 Å². The van der Waals surface area contributed by atoms with Crippen LogP contribution in [0.5, 0.6) is 0 Å². The summed E-state index contributed by atoms with van der Waals surface area (Å²) in [5.41, 5.74) is 0.221. The van der Waals surface area contributed by atoms with E-state index in [9.17, 15) is 9.18 Å². The second kappa shape index (κ2) is 6.66. The SMILES string of the molecule is CNC(=O)C(C)(C)CNC(C)Cc1ccccc1F. The van der Waals surface area contributed by atoms with Gasteiger partial charge in [-0.3, -0.25) is 4.79 Å². The molecular weight excluding hydrogens is 243 g/mol. The van der Waals surface area contributed by atoms with Gasteiger partial charge in [-0.05, 0) is 38.8 Å². The van der Waals surface area contributed by atoms with E-state index in [4.69, 9.17) is 0 Å². The number of hydrogen-bond donors (Lipinski definition) is 2. The van der Waals surface area contributed by atoms with Crippen LogP contribution in [0.1, 0.15) is 26.3 Å². The van der Waals surface area contributed by atoms with Gasteiger partial charge in [0, 0.05) is 19.6 Å². The number of carbonyl (C=O) groups is 1. The molecule has 1 aromatic rings. The molecule has 1 aromatic carbocycles. The van der Waals surface area contributed by atoms with Gasteiger partial charge in [-0.15, -0.1) is 0 Å². The van der Waals surface area contributed by atoms with Crippen LogP contribution in [0.3, 0.4) is 0 Å². The average Bonchev–Trinajstić information content (AvgIpc) is 2.38. The van der Waals surface area contributed by atoms with E-state index < -0.39 is 5.41 Å². The summed E-state index contributed by atoms with van der Waals surface area (Å²) < 4.78 is 13.5. The van der Waals surface area contributed by atoms with Crippen LogP contribution in [0.15, 0.2) is 24.3 Å². The van der Waals surface area contributed by atoms with E-state index in [0.29, 0.717) is 18.5 Å². The molecule has 19 heavy (non-hydrogen) atoms. The van der Waals surface area contributed by atoms with Gasteiger partial charge < -0.3 is 10.6 Å². The lowest BCUT2D eigenvalue weighted by Gasteiger charge is -2.25. The van der Waals surface area contributed by atoms with Crippen molar-refractivity contribution in [3.63, 3.8) is 0 Å². The van der Waals surface area contributed by atoms with Crippen LogP contribution in [0.2, 0.25) is 0 Å². The zero-order chi connectivity index (χ0) is 14.5. The third kappa shape index (κ3) is 4.63. The number of amides is 1. The first-order chi connectivity index (χ1) is 8.86. The second-order valence-electron chi connectivity index (χ2n) is 5.54. The predicted octanol–water partition coefficient (Wildman–Crippen LogP) is 2.12. The van der Waals surface area contributed by atoms with Crippen molar-refractivity contribution in [3.8, 4) is 0 Å². The molecule has 0 spiro atoms. The van der Waals surface area contributed by atoms with Crippen molar-refractivity contribution in [2.75, 3.05) is 13.6 Å². The third-order valence-electron chi connectivity index (χ3n) is 3.22. The Morgan fingerprint density at radius 3 is 2.58 bits per heavy atom. The van der Waals surface area contributed by atoms with E-state index in [-0.39, 0.29) is 17.8 Å². The minimum absolute atomic E-state index is 0.00177. The second-order valence-corrected chi connectivity index (χ2v) is 5.54. The Balaban J connectivity index is 2.51. The Morgan fingerprint density at radius 2 is 2.00 bits per heavy atom. The number of hydrogen-bond acceptors (Lipinski definition) is 2. The molecule has 0 aliphatic rings. The summed E-state index contributed by atoms with van der Waals surface area (Å²) in [6.07, 6.45) is 0.608. The van der Waals surface area contributed by atoms with Crippen LogP contribution in [-0.4, -0.2) is 25.5 Å². The van der Waals surface area contributed by atoms with Crippen molar-refractivity contribution < 1.29 is 9.18 Å². The van der Waals surface area contributed by atoms with Crippen LogP contribution >= 0.6 is 0 Å². The molecule has 0 fully saturated rings. The van der Waals surface area contributed by atoms with Crippen LogP contribution in [0.4, 0.5) is 4.39 Å². The highest BCUT2D eigenvalue weighted by atomic mass is 19.1. The molecule has 0 radical (unpaired) electrons. The molecule has 0 saturated carbocycles. The van der Waals surface area contributed by atoms with Gasteiger partial charge >= 0.3 is 0 Å². The normalized spacial score (nSPS) is 13.1. The minimum Gasteiger partial charge on any atom is -0.359 e. The van der Waals surface area contributed by atoms with Gasteiger partial charge in [-0.2, -0.15) is 0 Å². The molecule has 0 heterocycles. The first-order valence-electron chi connectivity index (χ1n) is 6.56. The van der Waals surface area contributed by atoms with Gasteiger partial charge in [0.1, 0.15) is 5.82 Å². The standard InChI is InChI=1S/C15H23FN2O/c1-11(9-12-7-5-6-8-13(12)16)18-10-15(2,3)14(19)17-4/h5-8,11,18H,9-10H2,1-4H3,(H,17,19). The zero-order valence-electron chi connectivity index (χ0n) is 12.1. The highest BCUT2D eigenvalue weighted by Crippen LogP contribution is 2.14. The Morgan fingerprint density at radius 1 is 1.37 bits per heavy atom. The molecule has 0 bridgehead atoms. The van der Waals surface area contributed by atoms with Crippen molar-refractivity contribution in [2.45, 2.75) is 33.2 Å². The summed E-state index contributed by atoms with van der Waals surface area (Å²) in [5, 5.41) is 5.94. The average molecular weight is 266 g/mol. The molecule has 1 rings (SSSR count). The molecular formula is C15H23FN2O. The molecule has 106 valence electrons. The number of carbonyl (C=O) groups excluding carboxylic acids is 1. The van der Waals surface area contributed by atoms with Gasteiger partial charge in [0.05, 0.1) is 5.41 Å². The van der Waals surface area contributed by atoms with E-state index in [1.165, 1.54) is 6.07 Å². The summed E-state index contributed by atoms with van der Waals surface area (Å²) >= 11 is 0. The molecule has 1 atom stereocenters. The number of halogens is 1. The molecule has 2 N–H and O–H groups in total.